The van der Waals surface area contributed by atoms with Crippen molar-refractivity contribution >= 4 is 17.6 Å². The minimum Gasteiger partial charge on any atom is -0.462 e. The fraction of sp³-hybridized carbons (Fsp3) is 0.417. The summed E-state index contributed by atoms with van der Waals surface area (Å²) >= 11 is 6.03. The third-order valence-corrected chi connectivity index (χ3v) is 2.56. The van der Waals surface area contributed by atoms with Crippen molar-refractivity contribution < 1.29 is 9.53 Å². The van der Waals surface area contributed by atoms with Crippen molar-refractivity contribution in [2.45, 2.75) is 26.7 Å². The van der Waals surface area contributed by atoms with E-state index in [9.17, 15) is 4.79 Å². The summed E-state index contributed by atoms with van der Waals surface area (Å²) in [5.74, 6) is -0.301. The molecule has 0 fully saturated rings. The monoisotopic (exact) mass is 226 g/mol. The zero-order valence-corrected chi connectivity index (χ0v) is 9.80. The van der Waals surface area contributed by atoms with Crippen LogP contribution in [0.4, 0.5) is 0 Å². The highest BCUT2D eigenvalue weighted by atomic mass is 35.5. The molecule has 0 N–H and O–H groups in total. The molecule has 0 bridgehead atoms. The van der Waals surface area contributed by atoms with Gasteiger partial charge in [0.05, 0.1) is 12.2 Å². The van der Waals surface area contributed by atoms with Crippen LogP contribution in [0.25, 0.3) is 0 Å². The molecule has 0 aromatic carbocycles. The molecule has 1 aliphatic carbocycles. The van der Waals surface area contributed by atoms with Gasteiger partial charge in [0.25, 0.3) is 0 Å². The lowest BCUT2D eigenvalue weighted by atomic mass is 10.1. The Hall–Kier alpha value is -1.02. The number of allylic oxidation sites excluding steroid dienone is 4. The van der Waals surface area contributed by atoms with Crippen LogP contribution in [-0.4, -0.2) is 12.6 Å². The first-order valence-corrected chi connectivity index (χ1v) is 5.44. The van der Waals surface area contributed by atoms with Gasteiger partial charge in [-0.05, 0) is 38.3 Å². The Morgan fingerprint density at radius 1 is 1.47 bits per heavy atom. The molecule has 0 aliphatic heterocycles. The Labute approximate surface area is 95.3 Å². The fourth-order valence-electron chi connectivity index (χ4n) is 1.30. The quantitative estimate of drug-likeness (QED) is 0.675. The van der Waals surface area contributed by atoms with Crippen molar-refractivity contribution in [2.75, 3.05) is 6.61 Å². The summed E-state index contributed by atoms with van der Waals surface area (Å²) in [6, 6.07) is 0. The summed E-state index contributed by atoms with van der Waals surface area (Å²) in [4.78, 5) is 11.5. The predicted molar refractivity (Wildman–Crippen MR) is 61.6 cm³/mol. The minimum atomic E-state index is -0.301. The maximum atomic E-state index is 11.5. The summed E-state index contributed by atoms with van der Waals surface area (Å²) in [5.41, 5.74) is 1.56. The van der Waals surface area contributed by atoms with Crippen LogP contribution < -0.4 is 0 Å². The number of hydrogen-bond acceptors (Lipinski definition) is 2. The van der Waals surface area contributed by atoms with Crippen LogP contribution in [0.2, 0.25) is 0 Å². The van der Waals surface area contributed by atoms with Crippen LogP contribution in [0.3, 0.4) is 0 Å². The van der Waals surface area contributed by atoms with Gasteiger partial charge in [0.1, 0.15) is 0 Å². The second kappa shape index (κ2) is 5.76. The molecule has 1 rings (SSSR count). The van der Waals surface area contributed by atoms with Crippen LogP contribution in [0.1, 0.15) is 26.7 Å². The number of ether oxygens (including phenoxy) is 1. The summed E-state index contributed by atoms with van der Waals surface area (Å²) < 4.78 is 4.93. The molecule has 1 aliphatic rings. The molecule has 0 spiro atoms. The third-order valence-electron chi connectivity index (χ3n) is 2.15. The average Bonchev–Trinajstić information content (AvgIpc) is 2.19. The number of rotatable bonds is 2. The molecule has 0 heterocycles. The van der Waals surface area contributed by atoms with Crippen molar-refractivity contribution in [2.24, 2.45) is 0 Å². The van der Waals surface area contributed by atoms with Gasteiger partial charge in [0.15, 0.2) is 0 Å². The van der Waals surface area contributed by atoms with Crippen LogP contribution >= 0.6 is 11.6 Å². The van der Waals surface area contributed by atoms with E-state index in [-0.39, 0.29) is 5.97 Å². The van der Waals surface area contributed by atoms with E-state index < -0.39 is 0 Å². The second-order valence-corrected chi connectivity index (χ2v) is 3.74. The molecule has 0 atom stereocenters. The van der Waals surface area contributed by atoms with Crippen molar-refractivity contribution in [3.05, 3.63) is 34.4 Å². The number of carbonyl (C=O) groups excluding carboxylic acids is 1. The second-order valence-electron chi connectivity index (χ2n) is 3.34. The Morgan fingerprint density at radius 3 is 2.80 bits per heavy atom. The minimum absolute atomic E-state index is 0.301. The van der Waals surface area contributed by atoms with Crippen LogP contribution in [0, 0.1) is 0 Å². The number of halogens is 1. The van der Waals surface area contributed by atoms with Gasteiger partial charge >= 0.3 is 5.97 Å². The molecule has 0 amide bonds. The molecule has 2 nitrogen and oxygen atoms in total. The lowest BCUT2D eigenvalue weighted by Crippen LogP contribution is -2.07. The van der Waals surface area contributed by atoms with Crippen molar-refractivity contribution in [3.8, 4) is 0 Å². The molecule has 82 valence electrons. The fourth-order valence-corrected chi connectivity index (χ4v) is 1.50. The van der Waals surface area contributed by atoms with Crippen LogP contribution in [0.5, 0.6) is 0 Å². The van der Waals surface area contributed by atoms with E-state index in [1.165, 1.54) is 0 Å². The summed E-state index contributed by atoms with van der Waals surface area (Å²) in [6.07, 6.45) is 7.34. The Morgan fingerprint density at radius 2 is 2.13 bits per heavy atom. The molecule has 15 heavy (non-hydrogen) atoms. The van der Waals surface area contributed by atoms with E-state index >= 15 is 0 Å². The van der Waals surface area contributed by atoms with Gasteiger partial charge in [-0.25, -0.2) is 4.79 Å². The molecule has 0 aromatic heterocycles. The summed E-state index contributed by atoms with van der Waals surface area (Å²) in [6.45, 7) is 4.11. The topological polar surface area (TPSA) is 26.3 Å². The zero-order valence-electron chi connectivity index (χ0n) is 9.05. The molecule has 3 heteroatoms. The molecule has 0 unspecified atom stereocenters. The summed E-state index contributed by atoms with van der Waals surface area (Å²) in [5, 5.41) is 0.606. The highest BCUT2D eigenvalue weighted by Crippen LogP contribution is 2.21. The van der Waals surface area contributed by atoms with E-state index in [4.69, 9.17) is 16.3 Å². The van der Waals surface area contributed by atoms with E-state index in [0.717, 1.165) is 18.4 Å². The normalized spacial score (nSPS) is 16.9. The maximum absolute atomic E-state index is 11.5. The number of hydrogen-bond donors (Lipinski definition) is 0. The van der Waals surface area contributed by atoms with Gasteiger partial charge in [-0.15, -0.1) is 0 Å². The van der Waals surface area contributed by atoms with Crippen molar-refractivity contribution in [3.63, 3.8) is 0 Å². The van der Waals surface area contributed by atoms with E-state index in [2.05, 4.69) is 6.08 Å². The third kappa shape index (κ3) is 3.56. The average molecular weight is 227 g/mol. The lowest BCUT2D eigenvalue weighted by molar-refractivity contribution is -0.138. The van der Waals surface area contributed by atoms with Gasteiger partial charge in [-0.1, -0.05) is 23.8 Å². The lowest BCUT2D eigenvalue weighted by Gasteiger charge is -2.07. The Kier molecular flexibility index (Phi) is 4.63. The SMILES string of the molecule is CCOC(=O)C1=CCCC=C(C)C(Cl)=C1. The smallest absolute Gasteiger partial charge is 0.337 e. The highest BCUT2D eigenvalue weighted by Gasteiger charge is 2.10. The molecule has 0 radical (unpaired) electrons. The van der Waals surface area contributed by atoms with Gasteiger partial charge in [-0.2, -0.15) is 0 Å². The molecular formula is C12H15ClO2. The van der Waals surface area contributed by atoms with Crippen LogP contribution in [0.15, 0.2) is 34.4 Å². The first kappa shape index (κ1) is 12.1. The van der Waals surface area contributed by atoms with Crippen molar-refractivity contribution in [1.82, 2.24) is 0 Å². The van der Waals surface area contributed by atoms with Crippen LogP contribution in [-0.2, 0) is 9.53 Å². The standard InChI is InChI=1S/C12H15ClO2/c1-3-15-12(14)10-7-5-4-6-9(2)11(13)8-10/h6-8H,3-5H2,1-2H3. The Bertz CT molecular complexity index is 338. The maximum Gasteiger partial charge on any atom is 0.337 e. The largest absolute Gasteiger partial charge is 0.462 e. The zero-order chi connectivity index (χ0) is 11.3. The summed E-state index contributed by atoms with van der Waals surface area (Å²) in [7, 11) is 0. The number of carbonyl (C=O) groups is 1. The number of esters is 1. The highest BCUT2D eigenvalue weighted by molar-refractivity contribution is 6.32. The van der Waals surface area contributed by atoms with E-state index in [1.54, 1.807) is 13.0 Å². The molecular weight excluding hydrogens is 212 g/mol. The molecule has 0 aromatic rings. The molecule has 0 saturated carbocycles. The van der Waals surface area contributed by atoms with Gasteiger partial charge in [0.2, 0.25) is 0 Å². The van der Waals surface area contributed by atoms with Crippen molar-refractivity contribution in [1.29, 1.82) is 0 Å². The van der Waals surface area contributed by atoms with Gasteiger partial charge in [0, 0.05) is 5.03 Å². The van der Waals surface area contributed by atoms with Gasteiger partial charge in [-0.3, -0.25) is 0 Å². The van der Waals surface area contributed by atoms with E-state index in [0.29, 0.717) is 17.2 Å². The Balaban J connectivity index is 2.89. The molecule has 0 saturated heterocycles. The van der Waals surface area contributed by atoms with E-state index in [1.807, 2.05) is 13.0 Å². The predicted octanol–water partition coefficient (Wildman–Crippen LogP) is 3.34. The van der Waals surface area contributed by atoms with Gasteiger partial charge < -0.3 is 4.74 Å². The first-order chi connectivity index (χ1) is 7.15. The first-order valence-electron chi connectivity index (χ1n) is 5.06.